The molecule has 1 saturated carbocycles. The third-order valence-corrected chi connectivity index (χ3v) is 3.51. The first-order valence-corrected chi connectivity index (χ1v) is 6.93. The molecule has 1 aliphatic rings. The average Bonchev–Trinajstić information content (AvgIpc) is 2.39. The summed E-state index contributed by atoms with van der Waals surface area (Å²) in [6.07, 6.45) is 4.18. The maximum atomic E-state index is 9.90. The van der Waals surface area contributed by atoms with E-state index in [4.69, 9.17) is 4.74 Å². The number of aliphatic hydroxyl groups is 1. The monoisotopic (exact) mass is 249 g/mol. The van der Waals surface area contributed by atoms with Crippen LogP contribution in [0.25, 0.3) is 0 Å². The van der Waals surface area contributed by atoms with Crippen molar-refractivity contribution in [1.82, 2.24) is 5.32 Å². The topological polar surface area (TPSA) is 41.5 Å². The Hall–Kier alpha value is -1.06. The summed E-state index contributed by atoms with van der Waals surface area (Å²) in [6, 6.07) is 8.38. The highest BCUT2D eigenvalue weighted by molar-refractivity contribution is 5.28. The van der Waals surface area contributed by atoms with Crippen LogP contribution in [0.4, 0.5) is 0 Å². The zero-order chi connectivity index (χ0) is 12.8. The largest absolute Gasteiger partial charge is 0.494 e. The second-order valence-corrected chi connectivity index (χ2v) is 4.92. The van der Waals surface area contributed by atoms with Crippen molar-refractivity contribution >= 4 is 0 Å². The number of aliphatic hydroxyl groups excluding tert-OH is 1. The van der Waals surface area contributed by atoms with E-state index in [-0.39, 0.29) is 12.1 Å². The van der Waals surface area contributed by atoms with Crippen LogP contribution in [0, 0.1) is 0 Å². The number of hydrogen-bond donors (Lipinski definition) is 2. The van der Waals surface area contributed by atoms with E-state index in [1.807, 2.05) is 19.1 Å². The number of ether oxygens (including phenoxy) is 1. The van der Waals surface area contributed by atoms with Gasteiger partial charge in [-0.1, -0.05) is 25.0 Å². The Bertz CT molecular complexity index is 367. The molecule has 0 bridgehead atoms. The molecule has 3 nitrogen and oxygen atoms in total. The minimum absolute atomic E-state index is 0.186. The number of hydrogen-bond acceptors (Lipinski definition) is 3. The van der Waals surface area contributed by atoms with Gasteiger partial charge in [0.15, 0.2) is 0 Å². The summed E-state index contributed by atoms with van der Waals surface area (Å²) in [6.45, 7) is 3.48. The van der Waals surface area contributed by atoms with Crippen LogP contribution in [0.1, 0.15) is 38.2 Å². The summed E-state index contributed by atoms with van der Waals surface area (Å²) in [7, 11) is 0. The van der Waals surface area contributed by atoms with Crippen LogP contribution in [0.15, 0.2) is 24.3 Å². The van der Waals surface area contributed by atoms with Gasteiger partial charge in [-0.15, -0.1) is 0 Å². The van der Waals surface area contributed by atoms with Gasteiger partial charge in [0.1, 0.15) is 5.75 Å². The van der Waals surface area contributed by atoms with E-state index in [2.05, 4.69) is 17.4 Å². The molecule has 0 saturated heterocycles. The highest BCUT2D eigenvalue weighted by Gasteiger charge is 2.21. The highest BCUT2D eigenvalue weighted by Crippen LogP contribution is 2.19. The van der Waals surface area contributed by atoms with Crippen molar-refractivity contribution in [3.63, 3.8) is 0 Å². The van der Waals surface area contributed by atoms with Crippen LogP contribution in [0.5, 0.6) is 5.75 Å². The van der Waals surface area contributed by atoms with Crippen LogP contribution >= 0.6 is 0 Å². The lowest BCUT2D eigenvalue weighted by Gasteiger charge is -2.28. The quantitative estimate of drug-likeness (QED) is 0.842. The first-order valence-electron chi connectivity index (χ1n) is 6.93. The molecule has 0 amide bonds. The molecule has 1 aliphatic carbocycles. The van der Waals surface area contributed by atoms with Crippen LogP contribution in [-0.2, 0) is 6.54 Å². The van der Waals surface area contributed by atoms with Gasteiger partial charge in [0.25, 0.3) is 0 Å². The molecule has 0 aromatic heterocycles. The summed E-state index contributed by atoms with van der Waals surface area (Å²) < 4.78 is 5.48. The Morgan fingerprint density at radius 3 is 2.94 bits per heavy atom. The van der Waals surface area contributed by atoms with E-state index in [0.717, 1.165) is 31.6 Å². The maximum Gasteiger partial charge on any atom is 0.119 e. The van der Waals surface area contributed by atoms with Crippen molar-refractivity contribution in [1.29, 1.82) is 0 Å². The zero-order valence-corrected chi connectivity index (χ0v) is 11.1. The molecule has 0 unspecified atom stereocenters. The fraction of sp³-hybridized carbons (Fsp3) is 0.600. The molecule has 2 rings (SSSR count). The second kappa shape index (κ2) is 6.76. The average molecular weight is 249 g/mol. The first-order chi connectivity index (χ1) is 8.79. The highest BCUT2D eigenvalue weighted by atomic mass is 16.5. The molecule has 0 spiro atoms. The van der Waals surface area contributed by atoms with Crippen molar-refractivity contribution in [2.45, 2.75) is 51.3 Å². The van der Waals surface area contributed by atoms with Gasteiger partial charge in [0, 0.05) is 12.6 Å². The lowest BCUT2D eigenvalue weighted by Crippen LogP contribution is -2.41. The molecular weight excluding hydrogens is 226 g/mol. The van der Waals surface area contributed by atoms with E-state index < -0.39 is 0 Å². The Kier molecular flexibility index (Phi) is 5.02. The van der Waals surface area contributed by atoms with Gasteiger partial charge >= 0.3 is 0 Å². The Balaban J connectivity index is 1.87. The molecule has 0 radical (unpaired) electrons. The molecule has 1 aromatic rings. The van der Waals surface area contributed by atoms with E-state index in [9.17, 15) is 5.11 Å². The summed E-state index contributed by atoms with van der Waals surface area (Å²) in [5.74, 6) is 0.918. The van der Waals surface area contributed by atoms with Gasteiger partial charge in [0.05, 0.1) is 12.7 Å². The zero-order valence-electron chi connectivity index (χ0n) is 11.1. The van der Waals surface area contributed by atoms with Gasteiger partial charge in [-0.05, 0) is 37.5 Å². The van der Waals surface area contributed by atoms with E-state index in [0.29, 0.717) is 6.61 Å². The van der Waals surface area contributed by atoms with Crippen molar-refractivity contribution in [2.24, 2.45) is 0 Å². The summed E-state index contributed by atoms with van der Waals surface area (Å²) >= 11 is 0. The van der Waals surface area contributed by atoms with Crippen molar-refractivity contribution in [3.05, 3.63) is 29.8 Å². The molecule has 0 aliphatic heterocycles. The Morgan fingerprint density at radius 1 is 1.33 bits per heavy atom. The third-order valence-electron chi connectivity index (χ3n) is 3.51. The van der Waals surface area contributed by atoms with E-state index in [1.165, 1.54) is 12.0 Å². The van der Waals surface area contributed by atoms with Gasteiger partial charge in [-0.3, -0.25) is 0 Å². The minimum Gasteiger partial charge on any atom is -0.494 e. The van der Waals surface area contributed by atoms with Crippen LogP contribution < -0.4 is 10.1 Å². The number of nitrogens with one attached hydrogen (secondary N) is 1. The van der Waals surface area contributed by atoms with Gasteiger partial charge in [-0.25, -0.2) is 0 Å². The van der Waals surface area contributed by atoms with Crippen LogP contribution in [0.2, 0.25) is 0 Å². The van der Waals surface area contributed by atoms with Gasteiger partial charge in [-0.2, -0.15) is 0 Å². The molecule has 2 N–H and O–H groups in total. The third kappa shape index (κ3) is 3.72. The van der Waals surface area contributed by atoms with E-state index in [1.54, 1.807) is 0 Å². The predicted molar refractivity (Wildman–Crippen MR) is 72.7 cm³/mol. The predicted octanol–water partition coefficient (Wildman–Crippen LogP) is 2.48. The van der Waals surface area contributed by atoms with Gasteiger partial charge in [0.2, 0.25) is 0 Å². The molecule has 100 valence electrons. The van der Waals surface area contributed by atoms with Crippen LogP contribution in [-0.4, -0.2) is 23.9 Å². The Morgan fingerprint density at radius 2 is 2.17 bits per heavy atom. The molecule has 2 atom stereocenters. The minimum atomic E-state index is -0.186. The molecule has 1 fully saturated rings. The maximum absolute atomic E-state index is 9.90. The van der Waals surface area contributed by atoms with Crippen LogP contribution in [0.3, 0.4) is 0 Å². The van der Waals surface area contributed by atoms with E-state index >= 15 is 0 Å². The SMILES string of the molecule is CCOc1cccc(CN[C@H]2CCCC[C@@H]2O)c1. The normalized spacial score (nSPS) is 23.9. The van der Waals surface area contributed by atoms with Gasteiger partial charge < -0.3 is 15.2 Å². The smallest absolute Gasteiger partial charge is 0.119 e. The van der Waals surface area contributed by atoms with Crippen molar-refractivity contribution in [2.75, 3.05) is 6.61 Å². The first kappa shape index (κ1) is 13.4. The summed E-state index contributed by atoms with van der Waals surface area (Å²) in [5, 5.41) is 13.3. The summed E-state index contributed by atoms with van der Waals surface area (Å²) in [4.78, 5) is 0. The molecule has 18 heavy (non-hydrogen) atoms. The summed E-state index contributed by atoms with van der Waals surface area (Å²) in [5.41, 5.74) is 1.21. The number of rotatable bonds is 5. The molecule has 1 aromatic carbocycles. The lowest BCUT2D eigenvalue weighted by molar-refractivity contribution is 0.0902. The molecular formula is C15H23NO2. The fourth-order valence-electron chi connectivity index (χ4n) is 2.51. The van der Waals surface area contributed by atoms with Crippen molar-refractivity contribution in [3.8, 4) is 5.75 Å². The number of benzene rings is 1. The second-order valence-electron chi connectivity index (χ2n) is 4.92. The lowest BCUT2D eigenvalue weighted by atomic mass is 9.92. The standard InChI is InChI=1S/C15H23NO2/c1-2-18-13-7-5-6-12(10-13)11-16-14-8-3-4-9-15(14)17/h5-7,10,14-17H,2-4,8-9,11H2,1H3/t14-,15-/m0/s1. The molecule has 3 heteroatoms. The van der Waals surface area contributed by atoms with Crippen molar-refractivity contribution < 1.29 is 9.84 Å². The molecule has 0 heterocycles. The Labute approximate surface area is 109 Å². The fourth-order valence-corrected chi connectivity index (χ4v) is 2.51.